The van der Waals surface area contributed by atoms with Crippen LogP contribution in [0.5, 0.6) is 0 Å². The molecule has 3 rings (SSSR count). The second kappa shape index (κ2) is 6.18. The molecule has 6 heteroatoms. The monoisotopic (exact) mass is 359 g/mol. The molecule has 1 N–H and O–H groups in total. The van der Waals surface area contributed by atoms with E-state index in [9.17, 15) is 9.59 Å². The van der Waals surface area contributed by atoms with E-state index in [2.05, 4.69) is 24.9 Å². The Morgan fingerprint density at radius 2 is 2.00 bits per heavy atom. The van der Waals surface area contributed by atoms with E-state index >= 15 is 0 Å². The summed E-state index contributed by atoms with van der Waals surface area (Å²) in [4.78, 5) is 29.3. The van der Waals surface area contributed by atoms with E-state index < -0.39 is 5.60 Å². The van der Waals surface area contributed by atoms with Gasteiger partial charge in [0, 0.05) is 19.1 Å². The van der Waals surface area contributed by atoms with E-state index in [1.165, 1.54) is 5.56 Å². The van der Waals surface area contributed by atoms with E-state index in [1.807, 2.05) is 37.8 Å². The second-order valence-electron chi connectivity index (χ2n) is 8.87. The van der Waals surface area contributed by atoms with Crippen molar-refractivity contribution in [1.29, 1.82) is 0 Å². The van der Waals surface area contributed by atoms with Crippen LogP contribution in [-0.2, 0) is 11.8 Å². The number of hydrogen-bond acceptors (Lipinski definition) is 3. The number of rotatable bonds is 1. The first-order valence-corrected chi connectivity index (χ1v) is 9.18. The van der Waals surface area contributed by atoms with Crippen molar-refractivity contribution < 1.29 is 9.53 Å². The molecule has 1 aliphatic heterocycles. The maximum absolute atomic E-state index is 12.6. The first-order chi connectivity index (χ1) is 12.0. The highest BCUT2D eigenvalue weighted by Gasteiger charge is 2.40. The molecule has 0 unspecified atom stereocenters. The van der Waals surface area contributed by atoms with Gasteiger partial charge in [-0.25, -0.2) is 9.59 Å². The van der Waals surface area contributed by atoms with Crippen molar-refractivity contribution in [3.8, 4) is 0 Å². The van der Waals surface area contributed by atoms with Crippen LogP contribution in [-0.4, -0.2) is 38.2 Å². The fraction of sp³-hybridized carbons (Fsp3) is 0.600. The first kappa shape index (κ1) is 18.5. The lowest BCUT2D eigenvalue weighted by molar-refractivity contribution is -0.00926. The second-order valence-corrected chi connectivity index (χ2v) is 8.87. The van der Waals surface area contributed by atoms with Crippen LogP contribution >= 0.6 is 0 Å². The van der Waals surface area contributed by atoms with Crippen molar-refractivity contribution in [1.82, 2.24) is 14.5 Å². The molecule has 0 bridgehead atoms. The summed E-state index contributed by atoms with van der Waals surface area (Å²) in [7, 11) is 1.80. The Morgan fingerprint density at radius 1 is 1.31 bits per heavy atom. The molecule has 0 aliphatic carbocycles. The van der Waals surface area contributed by atoms with Gasteiger partial charge in [-0.15, -0.1) is 0 Å². The zero-order valence-corrected chi connectivity index (χ0v) is 16.5. The third-order valence-electron chi connectivity index (χ3n) is 5.18. The van der Waals surface area contributed by atoms with Gasteiger partial charge in [0.15, 0.2) is 0 Å². The van der Waals surface area contributed by atoms with Gasteiger partial charge in [0.25, 0.3) is 0 Å². The number of aromatic nitrogens is 2. The molecule has 1 amide bonds. The number of amides is 1. The van der Waals surface area contributed by atoms with Crippen molar-refractivity contribution in [2.45, 2.75) is 64.5 Å². The molecular weight excluding hydrogens is 330 g/mol. The number of carbonyl (C=O) groups excluding carboxylic acids is 1. The van der Waals surface area contributed by atoms with Gasteiger partial charge in [0.1, 0.15) is 5.60 Å². The number of nitrogens with zero attached hydrogens (tertiary/aromatic N) is 2. The summed E-state index contributed by atoms with van der Waals surface area (Å²) in [6.07, 6.45) is 1.42. The quantitative estimate of drug-likeness (QED) is 0.843. The molecule has 0 radical (unpaired) electrons. The summed E-state index contributed by atoms with van der Waals surface area (Å²) in [6, 6.07) is 6.02. The van der Waals surface area contributed by atoms with Crippen LogP contribution in [0.25, 0.3) is 11.0 Å². The zero-order valence-electron chi connectivity index (χ0n) is 16.5. The minimum Gasteiger partial charge on any atom is -0.444 e. The predicted octanol–water partition coefficient (Wildman–Crippen LogP) is 3.76. The molecular formula is C20H29N3O3. The van der Waals surface area contributed by atoms with Crippen molar-refractivity contribution in [3.05, 3.63) is 34.2 Å². The number of H-pyrrole nitrogens is 1. The summed E-state index contributed by atoms with van der Waals surface area (Å²) < 4.78 is 7.26. The number of imidazole rings is 1. The Hall–Kier alpha value is -2.24. The standard InChI is InChI=1S/C20H29N3O3/c1-19(2,3)26-18(25)23-11-10-13(12-20(23,4)5)14-8-7-9-15-16(14)22(6)17(24)21-15/h7-9,13H,10-12H2,1-6H3,(H,21,24)/t13-/m0/s1. The number of benzene rings is 1. The maximum atomic E-state index is 12.6. The molecule has 1 fully saturated rings. The summed E-state index contributed by atoms with van der Waals surface area (Å²) in [6.45, 7) is 10.5. The van der Waals surface area contributed by atoms with E-state index in [0.717, 1.165) is 23.9 Å². The Labute approximate surface area is 154 Å². The average Bonchev–Trinajstić information content (AvgIpc) is 2.79. The highest BCUT2D eigenvalue weighted by molar-refractivity contribution is 5.79. The number of hydrogen-bond donors (Lipinski definition) is 1. The molecule has 26 heavy (non-hydrogen) atoms. The fourth-order valence-electron chi connectivity index (χ4n) is 3.99. The Bertz CT molecular complexity index is 886. The number of piperidine rings is 1. The van der Waals surface area contributed by atoms with Crippen LogP contribution in [0.3, 0.4) is 0 Å². The summed E-state index contributed by atoms with van der Waals surface area (Å²) in [5, 5.41) is 0. The van der Waals surface area contributed by atoms with Crippen LogP contribution in [0.4, 0.5) is 4.79 Å². The van der Waals surface area contributed by atoms with Gasteiger partial charge in [0.05, 0.1) is 11.0 Å². The number of fused-ring (bicyclic) bond motifs is 1. The molecule has 6 nitrogen and oxygen atoms in total. The molecule has 1 atom stereocenters. The number of para-hydroxylation sites is 1. The molecule has 2 heterocycles. The van der Waals surface area contributed by atoms with Crippen LogP contribution < -0.4 is 5.69 Å². The van der Waals surface area contributed by atoms with E-state index in [4.69, 9.17) is 4.74 Å². The third kappa shape index (κ3) is 3.37. The first-order valence-electron chi connectivity index (χ1n) is 9.18. The minimum atomic E-state index is -0.501. The summed E-state index contributed by atoms with van der Waals surface area (Å²) in [5.41, 5.74) is 2.08. The number of likely N-dealkylation sites (tertiary alicyclic amines) is 1. The van der Waals surface area contributed by atoms with Crippen molar-refractivity contribution in [3.63, 3.8) is 0 Å². The average molecular weight is 359 g/mol. The molecule has 0 saturated carbocycles. The molecule has 0 spiro atoms. The number of ether oxygens (including phenoxy) is 1. The van der Waals surface area contributed by atoms with Gasteiger partial charge < -0.3 is 14.6 Å². The Morgan fingerprint density at radius 3 is 2.62 bits per heavy atom. The zero-order chi connectivity index (χ0) is 19.3. The topological polar surface area (TPSA) is 67.3 Å². The SMILES string of the molecule is Cn1c(=O)[nH]c2cccc([C@H]3CCN(C(=O)OC(C)(C)C)C(C)(C)C3)c21. The molecule has 1 aromatic heterocycles. The van der Waals surface area contributed by atoms with Gasteiger partial charge in [-0.1, -0.05) is 12.1 Å². The van der Waals surface area contributed by atoms with Gasteiger partial charge in [-0.3, -0.25) is 4.57 Å². The van der Waals surface area contributed by atoms with Gasteiger partial charge >= 0.3 is 11.8 Å². The lowest BCUT2D eigenvalue weighted by Crippen LogP contribution is -2.53. The molecule has 142 valence electrons. The minimum absolute atomic E-state index is 0.0992. The van der Waals surface area contributed by atoms with E-state index in [0.29, 0.717) is 6.54 Å². The lowest BCUT2D eigenvalue weighted by atomic mass is 9.79. The summed E-state index contributed by atoms with van der Waals surface area (Å²) in [5.74, 6) is 0.286. The highest BCUT2D eigenvalue weighted by Crippen LogP contribution is 2.40. The predicted molar refractivity (Wildman–Crippen MR) is 103 cm³/mol. The van der Waals surface area contributed by atoms with E-state index in [1.54, 1.807) is 11.6 Å². The Kier molecular flexibility index (Phi) is 4.41. The van der Waals surface area contributed by atoms with E-state index in [-0.39, 0.29) is 23.2 Å². The lowest BCUT2D eigenvalue weighted by Gasteiger charge is -2.45. The van der Waals surface area contributed by atoms with Gasteiger partial charge in [-0.2, -0.15) is 0 Å². The van der Waals surface area contributed by atoms with Crippen LogP contribution in [0.15, 0.2) is 23.0 Å². The van der Waals surface area contributed by atoms with Crippen molar-refractivity contribution in [2.24, 2.45) is 7.05 Å². The normalized spacial score (nSPS) is 20.4. The Balaban J connectivity index is 1.89. The number of carbonyl (C=O) groups is 1. The highest BCUT2D eigenvalue weighted by atomic mass is 16.6. The van der Waals surface area contributed by atoms with Crippen LogP contribution in [0.2, 0.25) is 0 Å². The van der Waals surface area contributed by atoms with Gasteiger partial charge in [0.2, 0.25) is 0 Å². The number of nitrogens with one attached hydrogen (secondary N) is 1. The number of aryl methyl sites for hydroxylation is 1. The number of aromatic amines is 1. The van der Waals surface area contributed by atoms with Gasteiger partial charge in [-0.05, 0) is 65.0 Å². The molecule has 1 aromatic carbocycles. The fourth-order valence-corrected chi connectivity index (χ4v) is 3.99. The largest absolute Gasteiger partial charge is 0.444 e. The molecule has 1 saturated heterocycles. The van der Waals surface area contributed by atoms with Crippen LogP contribution in [0.1, 0.15) is 58.9 Å². The summed E-state index contributed by atoms with van der Waals surface area (Å²) >= 11 is 0. The smallest absolute Gasteiger partial charge is 0.410 e. The van der Waals surface area contributed by atoms with Crippen molar-refractivity contribution in [2.75, 3.05) is 6.54 Å². The molecule has 1 aliphatic rings. The molecule has 2 aromatic rings. The van der Waals surface area contributed by atoms with Crippen molar-refractivity contribution >= 4 is 17.1 Å². The maximum Gasteiger partial charge on any atom is 0.410 e. The van der Waals surface area contributed by atoms with Crippen LogP contribution in [0, 0.1) is 0 Å². The third-order valence-corrected chi connectivity index (χ3v) is 5.18.